The van der Waals surface area contributed by atoms with Crippen LogP contribution in [-0.2, 0) is 20.3 Å². The lowest BCUT2D eigenvalue weighted by Gasteiger charge is -2.21. The Balaban J connectivity index is 1.80. The second-order valence-corrected chi connectivity index (χ2v) is 11.1. The first-order valence-electron chi connectivity index (χ1n) is 12.5. The standard InChI is InChI=1S/C23H28ClN5O5S/c1-14(22-25-10-17(24)11-26-22)15(2)35(30,31)13-20-27-28-23(16-8-9-34-12-16)29(20)21-18(32-3)6-5-7-19(21)33-4/h5-7,10-11,14-16H,8-9,12-13H2,1-4H3/t14-,15-,16+/m0/s1/i3D3. The third-order valence-electron chi connectivity index (χ3n) is 6.21. The Morgan fingerprint density at radius 1 is 1.23 bits per heavy atom. The van der Waals surface area contributed by atoms with E-state index < -0.39 is 33.8 Å². The minimum absolute atomic E-state index is 0.0288. The van der Waals surface area contributed by atoms with E-state index in [0.29, 0.717) is 36.3 Å². The Labute approximate surface area is 213 Å². The van der Waals surface area contributed by atoms with E-state index in [0.717, 1.165) is 0 Å². The molecule has 1 aliphatic rings. The molecule has 0 amide bonds. The zero-order valence-electron chi connectivity index (χ0n) is 22.5. The number of aromatic nitrogens is 5. The lowest BCUT2D eigenvalue weighted by Crippen LogP contribution is -2.27. The van der Waals surface area contributed by atoms with Crippen molar-refractivity contribution >= 4 is 21.4 Å². The topological polar surface area (TPSA) is 118 Å². The highest BCUT2D eigenvalue weighted by atomic mass is 35.5. The van der Waals surface area contributed by atoms with Gasteiger partial charge in [0.1, 0.15) is 34.6 Å². The van der Waals surface area contributed by atoms with Crippen LogP contribution in [0.15, 0.2) is 30.6 Å². The Morgan fingerprint density at radius 3 is 2.57 bits per heavy atom. The molecule has 4 rings (SSSR count). The van der Waals surface area contributed by atoms with Crippen molar-refractivity contribution < 1.29 is 26.7 Å². The molecule has 3 heterocycles. The van der Waals surface area contributed by atoms with Crippen LogP contribution in [0, 0.1) is 0 Å². The lowest BCUT2D eigenvalue weighted by molar-refractivity contribution is 0.193. The van der Waals surface area contributed by atoms with Gasteiger partial charge in [0.25, 0.3) is 0 Å². The summed E-state index contributed by atoms with van der Waals surface area (Å²) < 4.78 is 68.0. The van der Waals surface area contributed by atoms with Crippen LogP contribution >= 0.6 is 11.6 Å². The number of benzene rings is 1. The Kier molecular flexibility index (Phi) is 6.44. The molecule has 3 aromatic rings. The summed E-state index contributed by atoms with van der Waals surface area (Å²) in [6.07, 6.45) is 3.47. The first-order chi connectivity index (χ1) is 17.9. The SMILES string of the molecule is [2H]C([2H])([2H])Oc1cccc(OC)c1-n1c(CS(=O)(=O)[C@@H](C)[C@H](C)c2ncc(Cl)cn2)nnc1[C@@H]1CCOC1. The number of sulfone groups is 1. The number of ether oxygens (including phenoxy) is 3. The molecule has 0 unspecified atom stereocenters. The molecule has 0 aliphatic carbocycles. The molecule has 12 heteroatoms. The normalized spacial score (nSPS) is 19.4. The van der Waals surface area contributed by atoms with Gasteiger partial charge in [-0.3, -0.25) is 4.57 Å². The van der Waals surface area contributed by atoms with E-state index in [1.807, 2.05) is 0 Å². The van der Waals surface area contributed by atoms with Gasteiger partial charge < -0.3 is 14.2 Å². The molecule has 188 valence electrons. The molecule has 0 spiro atoms. The van der Waals surface area contributed by atoms with Gasteiger partial charge in [0.2, 0.25) is 0 Å². The molecule has 0 saturated carbocycles. The molecular weight excluding hydrogens is 494 g/mol. The monoisotopic (exact) mass is 524 g/mol. The minimum Gasteiger partial charge on any atom is -0.494 e. The van der Waals surface area contributed by atoms with Gasteiger partial charge in [-0.2, -0.15) is 0 Å². The van der Waals surface area contributed by atoms with Gasteiger partial charge in [0.05, 0.1) is 35.1 Å². The average molecular weight is 525 g/mol. The van der Waals surface area contributed by atoms with E-state index in [-0.39, 0.29) is 28.9 Å². The smallest absolute Gasteiger partial charge is 0.160 e. The van der Waals surface area contributed by atoms with Crippen molar-refractivity contribution in [2.24, 2.45) is 0 Å². The predicted octanol–water partition coefficient (Wildman–Crippen LogP) is 3.34. The molecule has 35 heavy (non-hydrogen) atoms. The summed E-state index contributed by atoms with van der Waals surface area (Å²) in [5, 5.41) is 8.02. The molecule has 2 aromatic heterocycles. The van der Waals surface area contributed by atoms with Gasteiger partial charge in [-0.15, -0.1) is 10.2 Å². The van der Waals surface area contributed by atoms with E-state index >= 15 is 0 Å². The van der Waals surface area contributed by atoms with Crippen LogP contribution in [0.25, 0.3) is 5.69 Å². The van der Waals surface area contributed by atoms with E-state index in [1.165, 1.54) is 30.1 Å². The van der Waals surface area contributed by atoms with Gasteiger partial charge in [0.15, 0.2) is 15.7 Å². The van der Waals surface area contributed by atoms with Crippen LogP contribution in [0.2, 0.25) is 5.02 Å². The van der Waals surface area contributed by atoms with E-state index in [4.69, 9.17) is 29.9 Å². The van der Waals surface area contributed by atoms with Crippen LogP contribution in [0.4, 0.5) is 0 Å². The quantitative estimate of drug-likeness (QED) is 0.415. The maximum absolute atomic E-state index is 13.6. The molecule has 10 nitrogen and oxygen atoms in total. The number of para-hydroxylation sites is 1. The summed E-state index contributed by atoms with van der Waals surface area (Å²) >= 11 is 5.88. The fraction of sp³-hybridized carbons (Fsp3) is 0.478. The van der Waals surface area contributed by atoms with Gasteiger partial charge in [-0.05, 0) is 25.5 Å². The zero-order valence-corrected chi connectivity index (χ0v) is 21.1. The van der Waals surface area contributed by atoms with Gasteiger partial charge in [-0.25, -0.2) is 18.4 Å². The molecule has 1 aliphatic heterocycles. The van der Waals surface area contributed by atoms with Crippen molar-refractivity contribution in [1.29, 1.82) is 0 Å². The Bertz CT molecular complexity index is 1380. The summed E-state index contributed by atoms with van der Waals surface area (Å²) in [6, 6.07) is 4.68. The fourth-order valence-electron chi connectivity index (χ4n) is 4.03. The highest BCUT2D eigenvalue weighted by molar-refractivity contribution is 7.91. The molecule has 3 atom stereocenters. The molecule has 1 saturated heterocycles. The lowest BCUT2D eigenvalue weighted by atomic mass is 10.1. The van der Waals surface area contributed by atoms with Gasteiger partial charge in [-0.1, -0.05) is 24.6 Å². The van der Waals surface area contributed by atoms with Crippen LogP contribution < -0.4 is 9.47 Å². The first kappa shape index (κ1) is 21.5. The second kappa shape index (κ2) is 10.5. The minimum atomic E-state index is -3.84. The Hall–Kier alpha value is -2.76. The molecule has 0 bridgehead atoms. The van der Waals surface area contributed by atoms with Gasteiger partial charge in [0, 0.05) is 30.8 Å². The number of halogens is 1. The number of methoxy groups -OCH3 is 2. The highest BCUT2D eigenvalue weighted by Crippen LogP contribution is 2.37. The molecule has 1 aromatic carbocycles. The molecule has 0 radical (unpaired) electrons. The summed E-state index contributed by atoms with van der Waals surface area (Å²) in [7, 11) is -5.18. The maximum atomic E-state index is 13.6. The second-order valence-electron chi connectivity index (χ2n) is 8.34. The van der Waals surface area contributed by atoms with Crippen LogP contribution in [-0.4, -0.2) is 65.8 Å². The summed E-state index contributed by atoms with van der Waals surface area (Å²) in [6.45, 7) is 4.17. The number of nitrogens with zero attached hydrogens (tertiary/aromatic N) is 5. The Morgan fingerprint density at radius 2 is 1.94 bits per heavy atom. The van der Waals surface area contributed by atoms with Crippen LogP contribution in [0.3, 0.4) is 0 Å². The van der Waals surface area contributed by atoms with Crippen molar-refractivity contribution in [2.75, 3.05) is 27.4 Å². The van der Waals surface area contributed by atoms with Crippen molar-refractivity contribution in [3.8, 4) is 17.2 Å². The molecule has 0 N–H and O–H groups in total. The van der Waals surface area contributed by atoms with Gasteiger partial charge >= 0.3 is 0 Å². The fourth-order valence-corrected chi connectivity index (χ4v) is 5.68. The summed E-state index contributed by atoms with van der Waals surface area (Å²) in [5.41, 5.74) is 0.199. The summed E-state index contributed by atoms with van der Waals surface area (Å²) in [5.74, 6) is -0.135. The predicted molar refractivity (Wildman–Crippen MR) is 130 cm³/mol. The first-order valence-corrected chi connectivity index (χ1v) is 13.1. The average Bonchev–Trinajstić information content (AvgIpc) is 3.52. The zero-order chi connectivity index (χ0) is 27.7. The van der Waals surface area contributed by atoms with Crippen molar-refractivity contribution in [2.45, 2.75) is 43.1 Å². The summed E-state index contributed by atoms with van der Waals surface area (Å²) in [4.78, 5) is 8.34. The highest BCUT2D eigenvalue weighted by Gasteiger charge is 2.34. The third-order valence-corrected chi connectivity index (χ3v) is 8.61. The largest absolute Gasteiger partial charge is 0.494 e. The maximum Gasteiger partial charge on any atom is 0.160 e. The molecule has 1 fully saturated rings. The van der Waals surface area contributed by atoms with Crippen molar-refractivity contribution in [1.82, 2.24) is 24.7 Å². The molecular formula is C23H28ClN5O5S. The van der Waals surface area contributed by atoms with Crippen LogP contribution in [0.1, 0.15) is 53.7 Å². The van der Waals surface area contributed by atoms with E-state index in [9.17, 15) is 8.42 Å². The van der Waals surface area contributed by atoms with E-state index in [1.54, 1.807) is 26.0 Å². The number of rotatable bonds is 9. The van der Waals surface area contributed by atoms with E-state index in [2.05, 4.69) is 20.2 Å². The number of hydrogen-bond acceptors (Lipinski definition) is 9. The van der Waals surface area contributed by atoms with Crippen molar-refractivity contribution in [3.63, 3.8) is 0 Å². The number of hydrogen-bond donors (Lipinski definition) is 0. The van der Waals surface area contributed by atoms with Crippen molar-refractivity contribution in [3.05, 3.63) is 53.1 Å². The third kappa shape index (κ3) is 5.12. The van der Waals surface area contributed by atoms with Crippen LogP contribution in [0.5, 0.6) is 11.5 Å².